The highest BCUT2D eigenvalue weighted by atomic mass is 16.5. The van der Waals surface area contributed by atoms with Gasteiger partial charge in [0.2, 0.25) is 0 Å². The van der Waals surface area contributed by atoms with Crippen LogP contribution in [0.25, 0.3) is 0 Å². The Labute approximate surface area is 111 Å². The molecule has 0 aliphatic heterocycles. The first-order valence-electron chi connectivity index (χ1n) is 6.70. The van der Waals surface area contributed by atoms with E-state index in [1.807, 2.05) is 18.2 Å². The van der Waals surface area contributed by atoms with E-state index < -0.39 is 0 Å². The fraction of sp³-hybridized carbons (Fsp3) is 0.600. The number of ether oxygens (including phenoxy) is 1. The van der Waals surface area contributed by atoms with E-state index in [4.69, 9.17) is 10.5 Å². The lowest BCUT2D eigenvalue weighted by molar-refractivity contribution is 0.154. The highest BCUT2D eigenvalue weighted by Crippen LogP contribution is 2.20. The van der Waals surface area contributed by atoms with Crippen molar-refractivity contribution in [1.82, 2.24) is 4.90 Å². The number of nitrogens with zero attached hydrogens (tertiary/aromatic N) is 1. The van der Waals surface area contributed by atoms with Crippen molar-refractivity contribution in [2.24, 2.45) is 5.73 Å². The molecule has 1 aromatic rings. The minimum Gasteiger partial charge on any atom is -0.385 e. The topological polar surface area (TPSA) is 38.5 Å². The van der Waals surface area contributed by atoms with Crippen LogP contribution < -0.4 is 5.73 Å². The van der Waals surface area contributed by atoms with Gasteiger partial charge in [0.05, 0.1) is 0 Å². The van der Waals surface area contributed by atoms with Crippen LogP contribution in [0.4, 0.5) is 0 Å². The third-order valence-corrected chi connectivity index (χ3v) is 3.44. The summed E-state index contributed by atoms with van der Waals surface area (Å²) in [7, 11) is 3.89. The van der Waals surface area contributed by atoms with Crippen LogP contribution in [0.3, 0.4) is 0 Å². The van der Waals surface area contributed by atoms with Crippen LogP contribution in [0.2, 0.25) is 0 Å². The van der Waals surface area contributed by atoms with Crippen LogP contribution in [0.15, 0.2) is 30.3 Å². The number of hydrogen-bond acceptors (Lipinski definition) is 3. The molecule has 102 valence electrons. The molecule has 0 amide bonds. The van der Waals surface area contributed by atoms with Crippen molar-refractivity contribution in [3.05, 3.63) is 35.9 Å². The third-order valence-electron chi connectivity index (χ3n) is 3.44. The summed E-state index contributed by atoms with van der Waals surface area (Å²) >= 11 is 0. The van der Waals surface area contributed by atoms with Crippen molar-refractivity contribution in [3.63, 3.8) is 0 Å². The Morgan fingerprint density at radius 3 is 2.50 bits per heavy atom. The summed E-state index contributed by atoms with van der Waals surface area (Å²) in [4.78, 5) is 2.34. The fourth-order valence-corrected chi connectivity index (χ4v) is 2.36. The average molecular weight is 250 g/mol. The summed E-state index contributed by atoms with van der Waals surface area (Å²) in [5.74, 6) is 0. The van der Waals surface area contributed by atoms with Gasteiger partial charge in [-0.2, -0.15) is 0 Å². The monoisotopic (exact) mass is 250 g/mol. The molecule has 18 heavy (non-hydrogen) atoms. The van der Waals surface area contributed by atoms with Gasteiger partial charge in [-0.15, -0.1) is 0 Å². The highest BCUT2D eigenvalue weighted by Gasteiger charge is 2.21. The molecule has 3 nitrogen and oxygen atoms in total. The van der Waals surface area contributed by atoms with Gasteiger partial charge in [-0.3, -0.25) is 0 Å². The molecule has 0 saturated carbocycles. The van der Waals surface area contributed by atoms with Gasteiger partial charge in [0, 0.05) is 32.3 Å². The normalized spacial score (nSPS) is 14.7. The van der Waals surface area contributed by atoms with Gasteiger partial charge in [0.1, 0.15) is 0 Å². The molecule has 1 aromatic carbocycles. The van der Waals surface area contributed by atoms with Gasteiger partial charge in [0.15, 0.2) is 0 Å². The SMILES string of the molecule is CCC(C(N)c1ccccc1)N(C)CCCOC. The van der Waals surface area contributed by atoms with Crippen LogP contribution >= 0.6 is 0 Å². The lowest BCUT2D eigenvalue weighted by atomic mass is 9.97. The Hall–Kier alpha value is -0.900. The number of likely N-dealkylation sites (N-methyl/N-ethyl adjacent to an activating group) is 1. The summed E-state index contributed by atoms with van der Waals surface area (Å²) in [6, 6.07) is 10.8. The highest BCUT2D eigenvalue weighted by molar-refractivity contribution is 5.20. The molecule has 2 unspecified atom stereocenters. The second-order valence-electron chi connectivity index (χ2n) is 4.74. The number of benzene rings is 1. The quantitative estimate of drug-likeness (QED) is 0.720. The lowest BCUT2D eigenvalue weighted by Crippen LogP contribution is -2.40. The van der Waals surface area contributed by atoms with Crippen LogP contribution in [0, 0.1) is 0 Å². The molecule has 3 heteroatoms. The van der Waals surface area contributed by atoms with E-state index in [0.717, 1.165) is 26.0 Å². The standard InChI is InChI=1S/C15H26N2O/c1-4-14(17(2)11-8-12-18-3)15(16)13-9-6-5-7-10-13/h5-7,9-10,14-15H,4,8,11-12,16H2,1-3H3. The molecule has 0 saturated heterocycles. The molecule has 0 bridgehead atoms. The number of nitrogens with two attached hydrogens (primary N) is 1. The molecule has 0 fully saturated rings. The smallest absolute Gasteiger partial charge is 0.0474 e. The maximum absolute atomic E-state index is 6.38. The van der Waals surface area contributed by atoms with Crippen molar-refractivity contribution in [1.29, 1.82) is 0 Å². The molecule has 1 rings (SSSR count). The van der Waals surface area contributed by atoms with Gasteiger partial charge < -0.3 is 15.4 Å². The predicted octanol–water partition coefficient (Wildman–Crippen LogP) is 2.43. The van der Waals surface area contributed by atoms with Crippen molar-refractivity contribution >= 4 is 0 Å². The minimum atomic E-state index is 0.0729. The van der Waals surface area contributed by atoms with E-state index in [1.54, 1.807) is 7.11 Å². The fourth-order valence-electron chi connectivity index (χ4n) is 2.36. The minimum absolute atomic E-state index is 0.0729. The first-order valence-corrected chi connectivity index (χ1v) is 6.70. The molecule has 0 aliphatic rings. The zero-order valence-electron chi connectivity index (χ0n) is 11.8. The lowest BCUT2D eigenvalue weighted by Gasteiger charge is -2.32. The molecular weight excluding hydrogens is 224 g/mol. The van der Waals surface area contributed by atoms with Crippen molar-refractivity contribution in [3.8, 4) is 0 Å². The zero-order valence-corrected chi connectivity index (χ0v) is 11.8. The maximum atomic E-state index is 6.38. The second-order valence-corrected chi connectivity index (χ2v) is 4.74. The Balaban J connectivity index is 2.59. The molecule has 2 N–H and O–H groups in total. The van der Waals surface area contributed by atoms with Gasteiger partial charge in [-0.1, -0.05) is 37.3 Å². The van der Waals surface area contributed by atoms with Gasteiger partial charge in [-0.05, 0) is 25.5 Å². The number of methoxy groups -OCH3 is 1. The van der Waals surface area contributed by atoms with E-state index in [1.165, 1.54) is 5.56 Å². The van der Waals surface area contributed by atoms with E-state index in [0.29, 0.717) is 6.04 Å². The molecule has 0 aromatic heterocycles. The van der Waals surface area contributed by atoms with E-state index in [2.05, 4.69) is 31.0 Å². The molecule has 2 atom stereocenters. The Morgan fingerprint density at radius 1 is 1.28 bits per heavy atom. The number of rotatable bonds is 8. The van der Waals surface area contributed by atoms with Crippen LogP contribution in [-0.2, 0) is 4.74 Å². The van der Waals surface area contributed by atoms with Crippen molar-refractivity contribution < 1.29 is 4.74 Å². The third kappa shape index (κ3) is 4.41. The predicted molar refractivity (Wildman–Crippen MR) is 76.6 cm³/mol. The average Bonchev–Trinajstić information content (AvgIpc) is 2.41. The summed E-state index contributed by atoms with van der Waals surface area (Å²) in [5.41, 5.74) is 7.59. The Bertz CT molecular complexity index is 316. The largest absolute Gasteiger partial charge is 0.385 e. The summed E-state index contributed by atoms with van der Waals surface area (Å²) < 4.78 is 5.09. The van der Waals surface area contributed by atoms with Crippen molar-refractivity contribution in [2.45, 2.75) is 31.8 Å². The van der Waals surface area contributed by atoms with Crippen LogP contribution in [0.1, 0.15) is 31.4 Å². The molecule has 0 spiro atoms. The van der Waals surface area contributed by atoms with E-state index >= 15 is 0 Å². The maximum Gasteiger partial charge on any atom is 0.0474 e. The summed E-state index contributed by atoms with van der Waals surface area (Å²) in [5, 5.41) is 0. The van der Waals surface area contributed by atoms with Gasteiger partial charge in [-0.25, -0.2) is 0 Å². The Kier molecular flexibility index (Phi) is 6.94. The van der Waals surface area contributed by atoms with Gasteiger partial charge >= 0.3 is 0 Å². The zero-order chi connectivity index (χ0) is 13.4. The summed E-state index contributed by atoms with van der Waals surface area (Å²) in [6.07, 6.45) is 2.10. The molecule has 0 radical (unpaired) electrons. The van der Waals surface area contributed by atoms with Gasteiger partial charge in [0.25, 0.3) is 0 Å². The van der Waals surface area contributed by atoms with E-state index in [9.17, 15) is 0 Å². The molecule has 0 aliphatic carbocycles. The van der Waals surface area contributed by atoms with Crippen LogP contribution in [-0.4, -0.2) is 38.3 Å². The van der Waals surface area contributed by atoms with Crippen LogP contribution in [0.5, 0.6) is 0 Å². The first kappa shape index (κ1) is 15.2. The Morgan fingerprint density at radius 2 is 1.94 bits per heavy atom. The second kappa shape index (κ2) is 8.25. The van der Waals surface area contributed by atoms with E-state index in [-0.39, 0.29) is 6.04 Å². The van der Waals surface area contributed by atoms with Crippen molar-refractivity contribution in [2.75, 3.05) is 27.3 Å². The molecular formula is C15H26N2O. The summed E-state index contributed by atoms with van der Waals surface area (Å²) in [6.45, 7) is 4.02. The first-order chi connectivity index (χ1) is 8.70. The molecule has 0 heterocycles. The number of hydrogen-bond donors (Lipinski definition) is 1.